The van der Waals surface area contributed by atoms with Crippen molar-refractivity contribution in [2.75, 3.05) is 13.1 Å². The Morgan fingerprint density at radius 1 is 1.56 bits per heavy atom. The molecular weight excluding hydrogens is 117 g/mol. The maximum absolute atomic E-state index is 12.5. The van der Waals surface area contributed by atoms with Gasteiger partial charge in [0.15, 0.2) is 0 Å². The Kier molecular flexibility index (Phi) is 2.06. The fraction of sp³-hybridized carbons (Fsp3) is 1.00. The molecule has 1 nitrogen and oxygen atoms in total. The molecule has 0 saturated carbocycles. The van der Waals surface area contributed by atoms with Crippen molar-refractivity contribution in [3.63, 3.8) is 0 Å². The summed E-state index contributed by atoms with van der Waals surface area (Å²) in [4.78, 5) is 2.17. The van der Waals surface area contributed by atoms with E-state index in [0.717, 1.165) is 13.0 Å². The van der Waals surface area contributed by atoms with Gasteiger partial charge >= 0.3 is 0 Å². The van der Waals surface area contributed by atoms with Gasteiger partial charge in [-0.3, -0.25) is 4.90 Å². The average Bonchev–Trinajstić information content (AvgIpc) is 2.14. The van der Waals surface area contributed by atoms with E-state index in [-0.39, 0.29) is 0 Å². The molecule has 1 saturated heterocycles. The van der Waals surface area contributed by atoms with Crippen molar-refractivity contribution in [1.29, 1.82) is 0 Å². The second-order valence-corrected chi connectivity index (χ2v) is 2.97. The SMILES string of the molecule is CC(C)N1CC[C@@H](F)C1. The average molecular weight is 131 g/mol. The first-order valence-electron chi connectivity index (χ1n) is 3.58. The molecule has 0 radical (unpaired) electrons. The second-order valence-electron chi connectivity index (χ2n) is 2.97. The molecule has 0 spiro atoms. The van der Waals surface area contributed by atoms with Gasteiger partial charge in [0.05, 0.1) is 0 Å². The molecule has 0 aliphatic carbocycles. The minimum atomic E-state index is -0.563. The van der Waals surface area contributed by atoms with Gasteiger partial charge in [0.25, 0.3) is 0 Å². The van der Waals surface area contributed by atoms with Crippen LogP contribution in [0.4, 0.5) is 4.39 Å². The predicted octanol–water partition coefficient (Wildman–Crippen LogP) is 1.44. The molecule has 0 amide bonds. The third-order valence-corrected chi connectivity index (χ3v) is 1.89. The molecule has 0 aromatic rings. The molecule has 0 bridgehead atoms. The van der Waals surface area contributed by atoms with Crippen molar-refractivity contribution in [3.8, 4) is 0 Å². The number of alkyl halides is 1. The van der Waals surface area contributed by atoms with Crippen molar-refractivity contribution in [2.45, 2.75) is 32.5 Å². The third kappa shape index (κ3) is 1.65. The van der Waals surface area contributed by atoms with Crippen LogP contribution >= 0.6 is 0 Å². The van der Waals surface area contributed by atoms with Crippen LogP contribution in [-0.4, -0.2) is 30.2 Å². The molecule has 9 heavy (non-hydrogen) atoms. The molecule has 2 heteroatoms. The third-order valence-electron chi connectivity index (χ3n) is 1.89. The molecule has 1 aliphatic rings. The van der Waals surface area contributed by atoms with Crippen LogP contribution in [-0.2, 0) is 0 Å². The van der Waals surface area contributed by atoms with E-state index in [4.69, 9.17) is 0 Å². The molecule has 1 aliphatic heterocycles. The van der Waals surface area contributed by atoms with Crippen molar-refractivity contribution < 1.29 is 4.39 Å². The number of likely N-dealkylation sites (tertiary alicyclic amines) is 1. The van der Waals surface area contributed by atoms with E-state index in [9.17, 15) is 4.39 Å². The zero-order valence-electron chi connectivity index (χ0n) is 6.10. The molecule has 1 atom stereocenters. The first-order chi connectivity index (χ1) is 4.20. The van der Waals surface area contributed by atoms with Crippen molar-refractivity contribution in [3.05, 3.63) is 0 Å². The van der Waals surface area contributed by atoms with Crippen LogP contribution in [0.1, 0.15) is 20.3 Å². The summed E-state index contributed by atoms with van der Waals surface area (Å²) in [5.74, 6) is 0. The van der Waals surface area contributed by atoms with Gasteiger partial charge < -0.3 is 0 Å². The number of halogens is 1. The van der Waals surface area contributed by atoms with Gasteiger partial charge in [-0.15, -0.1) is 0 Å². The molecule has 1 fully saturated rings. The minimum absolute atomic E-state index is 0.519. The van der Waals surface area contributed by atoms with E-state index in [0.29, 0.717) is 12.6 Å². The molecule has 0 aromatic carbocycles. The van der Waals surface area contributed by atoms with Gasteiger partial charge in [-0.25, -0.2) is 4.39 Å². The van der Waals surface area contributed by atoms with Gasteiger partial charge in [-0.1, -0.05) is 0 Å². The fourth-order valence-corrected chi connectivity index (χ4v) is 1.21. The van der Waals surface area contributed by atoms with Crippen LogP contribution < -0.4 is 0 Å². The minimum Gasteiger partial charge on any atom is -0.298 e. The first-order valence-corrected chi connectivity index (χ1v) is 3.58. The van der Waals surface area contributed by atoms with E-state index in [2.05, 4.69) is 18.7 Å². The molecule has 54 valence electrons. The fourth-order valence-electron chi connectivity index (χ4n) is 1.21. The second kappa shape index (κ2) is 2.65. The predicted molar refractivity (Wildman–Crippen MR) is 36.2 cm³/mol. The lowest BCUT2D eigenvalue weighted by Crippen LogP contribution is -2.28. The van der Waals surface area contributed by atoms with Crippen molar-refractivity contribution in [1.82, 2.24) is 4.90 Å². The van der Waals surface area contributed by atoms with Gasteiger partial charge in [0.1, 0.15) is 6.17 Å². The summed E-state index contributed by atoms with van der Waals surface area (Å²) in [6.07, 6.45) is 0.172. The summed E-state index contributed by atoms with van der Waals surface area (Å²) < 4.78 is 12.5. The van der Waals surface area contributed by atoms with E-state index < -0.39 is 6.17 Å². The highest BCUT2D eigenvalue weighted by atomic mass is 19.1. The van der Waals surface area contributed by atoms with Crippen molar-refractivity contribution >= 4 is 0 Å². The maximum Gasteiger partial charge on any atom is 0.114 e. The van der Waals surface area contributed by atoms with Crippen LogP contribution in [0.15, 0.2) is 0 Å². The summed E-state index contributed by atoms with van der Waals surface area (Å²) >= 11 is 0. The molecule has 0 unspecified atom stereocenters. The number of nitrogens with zero attached hydrogens (tertiary/aromatic N) is 1. The largest absolute Gasteiger partial charge is 0.298 e. The number of hydrogen-bond acceptors (Lipinski definition) is 1. The summed E-state index contributed by atoms with van der Waals surface area (Å²) in [5, 5.41) is 0. The Bertz CT molecular complexity index is 92.9. The Hall–Kier alpha value is -0.110. The van der Waals surface area contributed by atoms with Crippen LogP contribution in [0.3, 0.4) is 0 Å². The lowest BCUT2D eigenvalue weighted by molar-refractivity contribution is 0.246. The van der Waals surface area contributed by atoms with Gasteiger partial charge in [0.2, 0.25) is 0 Å². The zero-order valence-corrected chi connectivity index (χ0v) is 6.10. The summed E-state index contributed by atoms with van der Waals surface area (Å²) in [7, 11) is 0. The molecule has 0 N–H and O–H groups in total. The van der Waals surface area contributed by atoms with Crippen LogP contribution in [0.2, 0.25) is 0 Å². The molecular formula is C7H14FN. The van der Waals surface area contributed by atoms with E-state index >= 15 is 0 Å². The topological polar surface area (TPSA) is 3.24 Å². The molecule has 0 aromatic heterocycles. The highest BCUT2D eigenvalue weighted by Crippen LogP contribution is 2.14. The van der Waals surface area contributed by atoms with E-state index in [1.807, 2.05) is 0 Å². The lowest BCUT2D eigenvalue weighted by Gasteiger charge is -2.18. The van der Waals surface area contributed by atoms with Gasteiger partial charge in [-0.05, 0) is 20.3 Å². The molecule has 1 rings (SSSR count). The first kappa shape index (κ1) is 7.00. The van der Waals surface area contributed by atoms with Gasteiger partial charge in [0, 0.05) is 19.1 Å². The standard InChI is InChI=1S/C7H14FN/c1-6(2)9-4-3-7(8)5-9/h6-7H,3-5H2,1-2H3/t7-/m1/s1. The Morgan fingerprint density at radius 3 is 2.44 bits per heavy atom. The Labute approximate surface area is 55.8 Å². The zero-order chi connectivity index (χ0) is 6.85. The highest BCUT2D eigenvalue weighted by Gasteiger charge is 2.22. The monoisotopic (exact) mass is 131 g/mol. The highest BCUT2D eigenvalue weighted by molar-refractivity contribution is 4.76. The summed E-state index contributed by atoms with van der Waals surface area (Å²) in [6, 6.07) is 0.519. The number of hydrogen-bond donors (Lipinski definition) is 0. The van der Waals surface area contributed by atoms with E-state index in [1.165, 1.54) is 0 Å². The Balaban J connectivity index is 2.30. The van der Waals surface area contributed by atoms with Crippen molar-refractivity contribution in [2.24, 2.45) is 0 Å². The smallest absolute Gasteiger partial charge is 0.114 e. The Morgan fingerprint density at radius 2 is 2.22 bits per heavy atom. The van der Waals surface area contributed by atoms with E-state index in [1.54, 1.807) is 0 Å². The quantitative estimate of drug-likeness (QED) is 0.520. The van der Waals surface area contributed by atoms with Gasteiger partial charge in [-0.2, -0.15) is 0 Å². The lowest BCUT2D eigenvalue weighted by atomic mass is 10.3. The summed E-state index contributed by atoms with van der Waals surface area (Å²) in [5.41, 5.74) is 0. The number of rotatable bonds is 1. The summed E-state index contributed by atoms with van der Waals surface area (Å²) in [6.45, 7) is 5.81. The molecule has 1 heterocycles. The maximum atomic E-state index is 12.5. The van der Waals surface area contributed by atoms with Crippen LogP contribution in [0, 0.1) is 0 Å². The van der Waals surface area contributed by atoms with Crippen LogP contribution in [0.5, 0.6) is 0 Å². The van der Waals surface area contributed by atoms with Crippen LogP contribution in [0.25, 0.3) is 0 Å². The normalized spacial score (nSPS) is 30.0.